The van der Waals surface area contributed by atoms with E-state index in [-0.39, 0.29) is 11.7 Å². The Morgan fingerprint density at radius 2 is 1.48 bits per heavy atom. The second kappa shape index (κ2) is 14.0. The Balaban J connectivity index is 1.21. The first kappa shape index (κ1) is 28.4. The molecule has 10 heteroatoms. The summed E-state index contributed by atoms with van der Waals surface area (Å²) in [5.74, 6) is 2.70. The van der Waals surface area contributed by atoms with Crippen molar-refractivity contribution in [2.45, 2.75) is 11.8 Å². The zero-order valence-electron chi connectivity index (χ0n) is 23.1. The molecule has 1 heterocycles. The molecule has 0 saturated carbocycles. The van der Waals surface area contributed by atoms with Crippen LogP contribution in [0.15, 0.2) is 113 Å². The van der Waals surface area contributed by atoms with Gasteiger partial charge in [0.15, 0.2) is 11.0 Å². The smallest absolute Gasteiger partial charge is 0.250 e. The molecule has 0 fully saturated rings. The molecule has 0 bridgehead atoms. The second-order valence-electron chi connectivity index (χ2n) is 8.99. The van der Waals surface area contributed by atoms with Gasteiger partial charge in [-0.3, -0.25) is 9.36 Å². The minimum absolute atomic E-state index is 0.0977. The zero-order chi connectivity index (χ0) is 29.1. The average molecular weight is 580 g/mol. The van der Waals surface area contributed by atoms with Gasteiger partial charge in [-0.1, -0.05) is 42.1 Å². The quantitative estimate of drug-likeness (QED) is 0.114. The molecule has 1 N–H and O–H groups in total. The molecule has 212 valence electrons. The number of benzene rings is 4. The molecular formula is C32H29N5O4S. The van der Waals surface area contributed by atoms with E-state index in [1.54, 1.807) is 20.4 Å². The van der Waals surface area contributed by atoms with Crippen molar-refractivity contribution in [3.63, 3.8) is 0 Å². The molecule has 0 spiro atoms. The summed E-state index contributed by atoms with van der Waals surface area (Å²) in [5, 5.41) is 13.5. The van der Waals surface area contributed by atoms with Crippen molar-refractivity contribution in [2.24, 2.45) is 5.10 Å². The van der Waals surface area contributed by atoms with E-state index in [0.29, 0.717) is 17.6 Å². The summed E-state index contributed by atoms with van der Waals surface area (Å²) >= 11 is 1.27. The van der Waals surface area contributed by atoms with Gasteiger partial charge in [-0.25, -0.2) is 5.43 Å². The number of nitrogens with zero attached hydrogens (tertiary/aromatic N) is 4. The number of hydrazone groups is 1. The highest BCUT2D eigenvalue weighted by atomic mass is 32.2. The number of hydrogen-bond donors (Lipinski definition) is 1. The first-order valence-corrected chi connectivity index (χ1v) is 14.1. The molecule has 4 aromatic carbocycles. The number of thioether (sulfide) groups is 1. The van der Waals surface area contributed by atoms with Crippen LogP contribution >= 0.6 is 11.8 Å². The number of carbonyl (C=O) groups excluding carboxylic acids is 1. The third-order valence-electron chi connectivity index (χ3n) is 6.18. The van der Waals surface area contributed by atoms with Gasteiger partial charge in [0.05, 0.1) is 26.2 Å². The Kier molecular flexibility index (Phi) is 9.48. The van der Waals surface area contributed by atoms with Gasteiger partial charge in [0.25, 0.3) is 5.91 Å². The van der Waals surface area contributed by atoms with E-state index in [1.807, 2.05) is 108 Å². The summed E-state index contributed by atoms with van der Waals surface area (Å²) in [6.07, 6.45) is 1.59. The fraction of sp³-hybridized carbons (Fsp3) is 0.125. The fourth-order valence-electron chi connectivity index (χ4n) is 3.99. The van der Waals surface area contributed by atoms with E-state index >= 15 is 0 Å². The topological polar surface area (TPSA) is 99.9 Å². The Bertz CT molecular complexity index is 1620. The van der Waals surface area contributed by atoms with E-state index < -0.39 is 0 Å². The molecule has 42 heavy (non-hydrogen) atoms. The molecule has 0 atom stereocenters. The van der Waals surface area contributed by atoms with Gasteiger partial charge < -0.3 is 14.2 Å². The van der Waals surface area contributed by atoms with Crippen LogP contribution in [0.3, 0.4) is 0 Å². The van der Waals surface area contributed by atoms with Gasteiger partial charge in [-0.15, -0.1) is 10.2 Å². The molecule has 0 unspecified atom stereocenters. The summed E-state index contributed by atoms with van der Waals surface area (Å²) in [6, 6.07) is 32.6. The lowest BCUT2D eigenvalue weighted by atomic mass is 10.2. The number of carbonyl (C=O) groups is 1. The van der Waals surface area contributed by atoms with Gasteiger partial charge in [-0.2, -0.15) is 5.10 Å². The van der Waals surface area contributed by atoms with Gasteiger partial charge >= 0.3 is 0 Å². The summed E-state index contributed by atoms with van der Waals surface area (Å²) in [4.78, 5) is 12.6. The molecule has 1 amide bonds. The van der Waals surface area contributed by atoms with Crippen molar-refractivity contribution < 1.29 is 19.0 Å². The van der Waals surface area contributed by atoms with Crippen molar-refractivity contribution in [3.05, 3.63) is 114 Å². The number of nitrogens with one attached hydrogen (secondary N) is 1. The Morgan fingerprint density at radius 1 is 0.833 bits per heavy atom. The molecule has 5 rings (SSSR count). The molecule has 0 radical (unpaired) electrons. The molecular weight excluding hydrogens is 550 g/mol. The van der Waals surface area contributed by atoms with E-state index in [4.69, 9.17) is 14.2 Å². The molecule has 9 nitrogen and oxygen atoms in total. The Morgan fingerprint density at radius 3 is 2.14 bits per heavy atom. The van der Waals surface area contributed by atoms with Crippen molar-refractivity contribution in [3.8, 4) is 34.3 Å². The highest BCUT2D eigenvalue weighted by Gasteiger charge is 2.17. The lowest BCUT2D eigenvalue weighted by Gasteiger charge is -2.11. The summed E-state index contributed by atoms with van der Waals surface area (Å²) < 4.78 is 18.3. The predicted molar refractivity (Wildman–Crippen MR) is 164 cm³/mol. The second-order valence-corrected chi connectivity index (χ2v) is 9.94. The van der Waals surface area contributed by atoms with E-state index in [2.05, 4.69) is 20.7 Å². The highest BCUT2D eigenvalue weighted by Crippen LogP contribution is 2.29. The van der Waals surface area contributed by atoms with Gasteiger partial charge in [-0.05, 0) is 83.9 Å². The third-order valence-corrected chi connectivity index (χ3v) is 7.10. The van der Waals surface area contributed by atoms with Crippen molar-refractivity contribution >= 4 is 23.9 Å². The Hall–Kier alpha value is -5.09. The highest BCUT2D eigenvalue weighted by molar-refractivity contribution is 7.99. The molecule has 0 aliphatic carbocycles. The lowest BCUT2D eigenvalue weighted by molar-refractivity contribution is -0.118. The molecule has 0 aliphatic heterocycles. The van der Waals surface area contributed by atoms with Crippen LogP contribution in [0.2, 0.25) is 0 Å². The van der Waals surface area contributed by atoms with Crippen LogP contribution in [0, 0.1) is 0 Å². The first-order valence-electron chi connectivity index (χ1n) is 13.1. The van der Waals surface area contributed by atoms with E-state index in [0.717, 1.165) is 39.6 Å². The van der Waals surface area contributed by atoms with Crippen LogP contribution in [-0.4, -0.2) is 46.9 Å². The van der Waals surface area contributed by atoms with E-state index in [9.17, 15) is 4.79 Å². The summed E-state index contributed by atoms with van der Waals surface area (Å²) in [6.45, 7) is 0.496. The van der Waals surface area contributed by atoms with Crippen LogP contribution < -0.4 is 19.6 Å². The number of hydrogen-bond acceptors (Lipinski definition) is 8. The standard InChI is InChI=1S/C32H29N5O4S/c1-39-27-16-10-25(11-17-27)31-35-36-32(37(31)26-12-18-28(40-2)19-13-26)42-22-30(38)34-33-20-23-8-14-29(15-9-23)41-21-24-6-4-3-5-7-24/h3-20H,21-22H2,1-2H3,(H,34,38)/b33-20+. The SMILES string of the molecule is COc1ccc(-c2nnc(SCC(=O)N/N=C/c3ccc(OCc4ccccc4)cc3)n2-c2ccc(OC)cc2)cc1. The first-order chi connectivity index (χ1) is 20.6. The van der Waals surface area contributed by atoms with Crippen LogP contribution in [-0.2, 0) is 11.4 Å². The predicted octanol–water partition coefficient (Wildman–Crippen LogP) is 5.77. The fourth-order valence-corrected chi connectivity index (χ4v) is 4.73. The number of aromatic nitrogens is 3. The molecule has 0 aliphatic rings. The van der Waals surface area contributed by atoms with Crippen LogP contribution in [0.25, 0.3) is 17.1 Å². The average Bonchev–Trinajstić information content (AvgIpc) is 3.48. The summed E-state index contributed by atoms with van der Waals surface area (Å²) in [7, 11) is 3.24. The number of amides is 1. The molecule has 1 aromatic heterocycles. The lowest BCUT2D eigenvalue weighted by Crippen LogP contribution is -2.20. The summed E-state index contributed by atoms with van der Waals surface area (Å²) in [5.41, 5.74) is 6.21. The third kappa shape index (κ3) is 7.35. The van der Waals surface area contributed by atoms with Crippen molar-refractivity contribution in [2.75, 3.05) is 20.0 Å². The number of rotatable bonds is 12. The normalized spacial score (nSPS) is 10.9. The molecule has 0 saturated heterocycles. The zero-order valence-corrected chi connectivity index (χ0v) is 24.0. The minimum Gasteiger partial charge on any atom is -0.497 e. The number of methoxy groups -OCH3 is 2. The minimum atomic E-state index is -0.269. The maximum Gasteiger partial charge on any atom is 0.250 e. The maximum absolute atomic E-state index is 12.6. The number of ether oxygens (including phenoxy) is 3. The van der Waals surface area contributed by atoms with Gasteiger partial charge in [0.1, 0.15) is 23.9 Å². The van der Waals surface area contributed by atoms with Crippen LogP contribution in [0.1, 0.15) is 11.1 Å². The van der Waals surface area contributed by atoms with Crippen LogP contribution in [0.4, 0.5) is 0 Å². The van der Waals surface area contributed by atoms with Gasteiger partial charge in [0.2, 0.25) is 0 Å². The maximum atomic E-state index is 12.6. The molecule has 5 aromatic rings. The van der Waals surface area contributed by atoms with E-state index in [1.165, 1.54) is 11.8 Å². The van der Waals surface area contributed by atoms with Gasteiger partial charge in [0, 0.05) is 11.3 Å². The largest absolute Gasteiger partial charge is 0.497 e. The van der Waals surface area contributed by atoms with Crippen LogP contribution in [0.5, 0.6) is 17.2 Å². The van der Waals surface area contributed by atoms with Crippen molar-refractivity contribution in [1.82, 2.24) is 20.2 Å². The Labute approximate surface area is 248 Å². The van der Waals surface area contributed by atoms with Crippen molar-refractivity contribution in [1.29, 1.82) is 0 Å². The monoisotopic (exact) mass is 579 g/mol.